The molecule has 1 aliphatic heterocycles. The SMILES string of the molecule is O=C(NCCc1ccccc1)c1cccc(S(=O)(=O)N[C@H]2CCNC2)c1. The highest BCUT2D eigenvalue weighted by Gasteiger charge is 2.23. The Morgan fingerprint density at radius 1 is 1.12 bits per heavy atom. The van der Waals surface area contributed by atoms with Gasteiger partial charge in [0.25, 0.3) is 5.91 Å². The van der Waals surface area contributed by atoms with Crippen LogP contribution in [0.4, 0.5) is 0 Å². The van der Waals surface area contributed by atoms with Gasteiger partial charge in [-0.25, -0.2) is 13.1 Å². The van der Waals surface area contributed by atoms with Gasteiger partial charge in [0.2, 0.25) is 10.0 Å². The highest BCUT2D eigenvalue weighted by atomic mass is 32.2. The Balaban J connectivity index is 1.61. The summed E-state index contributed by atoms with van der Waals surface area (Å²) in [5.74, 6) is -0.277. The standard InChI is InChI=1S/C19H23N3O3S/c23-19(21-12-9-15-5-2-1-3-6-15)16-7-4-8-18(13-16)26(24,25)22-17-10-11-20-14-17/h1-8,13,17,20,22H,9-12,14H2,(H,21,23)/t17-/m0/s1. The maximum Gasteiger partial charge on any atom is 0.251 e. The normalized spacial score (nSPS) is 17.2. The van der Waals surface area contributed by atoms with E-state index in [1.54, 1.807) is 12.1 Å². The molecule has 0 aromatic heterocycles. The fourth-order valence-corrected chi connectivity index (χ4v) is 4.23. The van der Waals surface area contributed by atoms with Crippen LogP contribution in [0.2, 0.25) is 0 Å². The van der Waals surface area contributed by atoms with Gasteiger partial charge in [-0.3, -0.25) is 4.79 Å². The number of nitrogens with one attached hydrogen (secondary N) is 3. The Hall–Kier alpha value is -2.22. The number of benzene rings is 2. The molecule has 1 saturated heterocycles. The summed E-state index contributed by atoms with van der Waals surface area (Å²) >= 11 is 0. The second kappa shape index (κ2) is 8.44. The zero-order valence-electron chi connectivity index (χ0n) is 14.4. The van der Waals surface area contributed by atoms with Gasteiger partial charge in [0.15, 0.2) is 0 Å². The van der Waals surface area contributed by atoms with Crippen molar-refractivity contribution in [1.82, 2.24) is 15.4 Å². The van der Waals surface area contributed by atoms with Crippen LogP contribution in [-0.4, -0.2) is 40.0 Å². The van der Waals surface area contributed by atoms with Gasteiger partial charge in [0, 0.05) is 24.7 Å². The fraction of sp³-hybridized carbons (Fsp3) is 0.316. The van der Waals surface area contributed by atoms with Gasteiger partial charge in [-0.15, -0.1) is 0 Å². The Labute approximate surface area is 154 Å². The molecule has 2 aromatic carbocycles. The maximum atomic E-state index is 12.5. The van der Waals surface area contributed by atoms with Gasteiger partial charge in [-0.05, 0) is 43.1 Å². The minimum absolute atomic E-state index is 0.108. The Kier molecular flexibility index (Phi) is 6.03. The van der Waals surface area contributed by atoms with Crippen molar-refractivity contribution in [3.63, 3.8) is 0 Å². The molecule has 0 saturated carbocycles. The summed E-state index contributed by atoms with van der Waals surface area (Å²) in [5.41, 5.74) is 1.48. The Bertz CT molecular complexity index is 847. The van der Waals surface area contributed by atoms with E-state index in [0.29, 0.717) is 18.7 Å². The number of amides is 1. The van der Waals surface area contributed by atoms with Crippen LogP contribution in [0.3, 0.4) is 0 Å². The highest BCUT2D eigenvalue weighted by molar-refractivity contribution is 7.89. The minimum Gasteiger partial charge on any atom is -0.352 e. The summed E-state index contributed by atoms with van der Waals surface area (Å²) in [4.78, 5) is 12.4. The van der Waals surface area contributed by atoms with E-state index in [1.807, 2.05) is 30.3 Å². The molecule has 0 bridgehead atoms. The zero-order chi connectivity index (χ0) is 18.4. The van der Waals surface area contributed by atoms with Crippen molar-refractivity contribution >= 4 is 15.9 Å². The number of sulfonamides is 1. The average molecular weight is 373 g/mol. The van der Waals surface area contributed by atoms with Crippen molar-refractivity contribution < 1.29 is 13.2 Å². The third-order valence-electron chi connectivity index (χ3n) is 4.33. The molecular formula is C19H23N3O3S. The molecule has 0 radical (unpaired) electrons. The topological polar surface area (TPSA) is 87.3 Å². The van der Waals surface area contributed by atoms with Gasteiger partial charge in [0.1, 0.15) is 0 Å². The van der Waals surface area contributed by atoms with Crippen LogP contribution in [0.15, 0.2) is 59.5 Å². The van der Waals surface area contributed by atoms with Crippen LogP contribution in [-0.2, 0) is 16.4 Å². The number of carbonyl (C=O) groups excluding carboxylic acids is 1. The molecule has 1 atom stereocenters. The summed E-state index contributed by atoms with van der Waals surface area (Å²) < 4.78 is 27.7. The predicted octanol–water partition coefficient (Wildman–Crippen LogP) is 1.30. The minimum atomic E-state index is -3.63. The lowest BCUT2D eigenvalue weighted by Gasteiger charge is -2.13. The second-order valence-electron chi connectivity index (χ2n) is 6.33. The summed E-state index contributed by atoms with van der Waals surface area (Å²) in [5, 5.41) is 5.96. The van der Waals surface area contributed by atoms with E-state index >= 15 is 0 Å². The highest BCUT2D eigenvalue weighted by Crippen LogP contribution is 2.13. The van der Waals surface area contributed by atoms with Gasteiger partial charge in [0.05, 0.1) is 4.90 Å². The average Bonchev–Trinajstić information content (AvgIpc) is 3.15. The third-order valence-corrected chi connectivity index (χ3v) is 5.85. The molecule has 7 heteroatoms. The molecule has 3 rings (SSSR count). The first-order valence-electron chi connectivity index (χ1n) is 8.70. The lowest BCUT2D eigenvalue weighted by Crippen LogP contribution is -2.36. The molecule has 2 aromatic rings. The molecule has 0 spiro atoms. The monoisotopic (exact) mass is 373 g/mol. The van der Waals surface area contributed by atoms with Crippen molar-refractivity contribution in [3.8, 4) is 0 Å². The Morgan fingerprint density at radius 2 is 1.92 bits per heavy atom. The summed E-state index contributed by atoms with van der Waals surface area (Å²) in [6, 6.07) is 15.9. The molecule has 0 unspecified atom stereocenters. The molecule has 1 aliphatic rings. The molecule has 138 valence electrons. The molecule has 1 amide bonds. The van der Waals surface area contributed by atoms with Crippen LogP contribution in [0.25, 0.3) is 0 Å². The van der Waals surface area contributed by atoms with E-state index in [9.17, 15) is 13.2 Å². The fourth-order valence-electron chi connectivity index (χ4n) is 2.91. The van der Waals surface area contributed by atoms with Gasteiger partial charge in [-0.1, -0.05) is 36.4 Å². The van der Waals surface area contributed by atoms with Crippen LogP contribution in [0.1, 0.15) is 22.3 Å². The number of rotatable bonds is 7. The maximum absolute atomic E-state index is 12.5. The van der Waals surface area contributed by atoms with E-state index in [4.69, 9.17) is 0 Å². The summed E-state index contributed by atoms with van der Waals surface area (Å²) in [6.45, 7) is 1.92. The second-order valence-corrected chi connectivity index (χ2v) is 8.04. The van der Waals surface area contributed by atoms with Gasteiger partial charge in [-0.2, -0.15) is 0 Å². The molecular weight excluding hydrogens is 350 g/mol. The Morgan fingerprint density at radius 3 is 2.65 bits per heavy atom. The molecule has 1 fully saturated rings. The van der Waals surface area contributed by atoms with Crippen LogP contribution < -0.4 is 15.4 Å². The molecule has 3 N–H and O–H groups in total. The summed E-state index contributed by atoms with van der Waals surface area (Å²) in [6.07, 6.45) is 1.49. The number of carbonyl (C=O) groups is 1. The van der Waals surface area contributed by atoms with Crippen LogP contribution in [0, 0.1) is 0 Å². The molecule has 1 heterocycles. The van der Waals surface area contributed by atoms with Crippen molar-refractivity contribution in [3.05, 3.63) is 65.7 Å². The number of hydrogen-bond donors (Lipinski definition) is 3. The number of hydrogen-bond acceptors (Lipinski definition) is 4. The van der Waals surface area contributed by atoms with Crippen molar-refractivity contribution in [1.29, 1.82) is 0 Å². The first kappa shape index (κ1) is 18.6. The van der Waals surface area contributed by atoms with Gasteiger partial charge >= 0.3 is 0 Å². The van der Waals surface area contributed by atoms with E-state index in [0.717, 1.165) is 24.9 Å². The first-order chi connectivity index (χ1) is 12.5. The quantitative estimate of drug-likeness (QED) is 0.683. The van der Waals surface area contributed by atoms with Crippen LogP contribution >= 0.6 is 0 Å². The zero-order valence-corrected chi connectivity index (χ0v) is 15.3. The molecule has 0 aliphatic carbocycles. The van der Waals surface area contributed by atoms with Crippen molar-refractivity contribution in [2.24, 2.45) is 0 Å². The third kappa shape index (κ3) is 4.91. The summed E-state index contributed by atoms with van der Waals surface area (Å²) in [7, 11) is -3.63. The molecule has 6 nitrogen and oxygen atoms in total. The predicted molar refractivity (Wildman–Crippen MR) is 101 cm³/mol. The molecule has 26 heavy (non-hydrogen) atoms. The smallest absolute Gasteiger partial charge is 0.251 e. The van der Waals surface area contributed by atoms with E-state index in [2.05, 4.69) is 15.4 Å². The first-order valence-corrected chi connectivity index (χ1v) is 10.2. The van der Waals surface area contributed by atoms with E-state index < -0.39 is 10.0 Å². The van der Waals surface area contributed by atoms with Crippen molar-refractivity contribution in [2.45, 2.75) is 23.8 Å². The van der Waals surface area contributed by atoms with E-state index in [1.165, 1.54) is 12.1 Å². The van der Waals surface area contributed by atoms with Crippen LogP contribution in [0.5, 0.6) is 0 Å². The van der Waals surface area contributed by atoms with Gasteiger partial charge < -0.3 is 10.6 Å². The largest absolute Gasteiger partial charge is 0.352 e. The lowest BCUT2D eigenvalue weighted by atomic mass is 10.1. The van der Waals surface area contributed by atoms with Crippen molar-refractivity contribution in [2.75, 3.05) is 19.6 Å². The van der Waals surface area contributed by atoms with E-state index in [-0.39, 0.29) is 16.8 Å². The lowest BCUT2D eigenvalue weighted by molar-refractivity contribution is 0.0954.